The van der Waals surface area contributed by atoms with Crippen LogP contribution in [0.15, 0.2) is 47.1 Å². The molecule has 5 heteroatoms. The number of carbonyl (C=O) groups excluding carboxylic acids is 2. The maximum absolute atomic E-state index is 12.0. The van der Waals surface area contributed by atoms with Gasteiger partial charge in [-0.3, -0.25) is 9.59 Å². The highest BCUT2D eigenvalue weighted by Gasteiger charge is 2.29. The van der Waals surface area contributed by atoms with Gasteiger partial charge in [0.2, 0.25) is 5.91 Å². The van der Waals surface area contributed by atoms with Gasteiger partial charge in [-0.05, 0) is 30.2 Å². The van der Waals surface area contributed by atoms with Gasteiger partial charge in [0.05, 0.1) is 18.7 Å². The molecule has 0 unspecified atom stereocenters. The van der Waals surface area contributed by atoms with E-state index < -0.39 is 0 Å². The molecule has 0 aliphatic carbocycles. The topological polar surface area (TPSA) is 71.3 Å². The number of rotatable bonds is 6. The van der Waals surface area contributed by atoms with E-state index in [1.165, 1.54) is 0 Å². The van der Waals surface area contributed by atoms with Crippen LogP contribution in [-0.4, -0.2) is 18.4 Å². The van der Waals surface area contributed by atoms with Crippen molar-refractivity contribution in [3.63, 3.8) is 0 Å². The molecule has 1 atom stereocenters. The molecule has 2 N–H and O–H groups in total. The third-order valence-corrected chi connectivity index (χ3v) is 3.78. The summed E-state index contributed by atoms with van der Waals surface area (Å²) in [6.45, 7) is 0.599. The van der Waals surface area contributed by atoms with Crippen LogP contribution in [0.25, 0.3) is 0 Å². The van der Waals surface area contributed by atoms with Gasteiger partial charge in [-0.25, -0.2) is 0 Å². The number of furan rings is 1. The zero-order valence-corrected chi connectivity index (χ0v) is 12.2. The average molecular weight is 298 g/mol. The number of hydrogen-bond acceptors (Lipinski definition) is 3. The fourth-order valence-corrected chi connectivity index (χ4v) is 2.69. The van der Waals surface area contributed by atoms with Crippen LogP contribution in [0.2, 0.25) is 0 Å². The van der Waals surface area contributed by atoms with Crippen LogP contribution in [0.1, 0.15) is 40.6 Å². The van der Waals surface area contributed by atoms with Crippen molar-refractivity contribution in [2.75, 3.05) is 6.54 Å². The van der Waals surface area contributed by atoms with Crippen LogP contribution >= 0.6 is 0 Å². The Morgan fingerprint density at radius 2 is 2.09 bits per heavy atom. The first-order chi connectivity index (χ1) is 10.7. The highest BCUT2D eigenvalue weighted by atomic mass is 16.3. The highest BCUT2D eigenvalue weighted by molar-refractivity contribution is 5.99. The number of nitrogens with one attached hydrogen (secondary N) is 2. The third kappa shape index (κ3) is 3.19. The predicted octanol–water partition coefficient (Wildman–Crippen LogP) is 2.20. The minimum Gasteiger partial charge on any atom is -0.469 e. The summed E-state index contributed by atoms with van der Waals surface area (Å²) in [4.78, 5) is 23.8. The summed E-state index contributed by atoms with van der Waals surface area (Å²) < 4.78 is 5.24. The van der Waals surface area contributed by atoms with Crippen molar-refractivity contribution in [1.29, 1.82) is 0 Å². The molecule has 0 radical (unpaired) electrons. The lowest BCUT2D eigenvalue weighted by molar-refractivity contribution is -0.121. The van der Waals surface area contributed by atoms with Gasteiger partial charge in [-0.2, -0.15) is 0 Å². The molecule has 5 nitrogen and oxygen atoms in total. The second kappa shape index (κ2) is 6.47. The van der Waals surface area contributed by atoms with E-state index in [0.29, 0.717) is 12.1 Å². The van der Waals surface area contributed by atoms with E-state index in [2.05, 4.69) is 10.6 Å². The molecule has 1 aliphatic rings. The Labute approximate surface area is 128 Å². The Morgan fingerprint density at radius 1 is 1.23 bits per heavy atom. The molecule has 2 aromatic rings. The van der Waals surface area contributed by atoms with E-state index >= 15 is 0 Å². The van der Waals surface area contributed by atoms with Gasteiger partial charge in [0, 0.05) is 18.5 Å². The number of hydrogen-bond donors (Lipinski definition) is 2. The zero-order valence-electron chi connectivity index (χ0n) is 12.2. The molecule has 2 heterocycles. The van der Waals surface area contributed by atoms with Crippen LogP contribution in [0, 0.1) is 0 Å². The van der Waals surface area contributed by atoms with Crippen molar-refractivity contribution in [2.24, 2.45) is 0 Å². The Bertz CT molecular complexity index is 664. The molecule has 1 aromatic carbocycles. The summed E-state index contributed by atoms with van der Waals surface area (Å²) in [6.07, 6.45) is 3.54. The first kappa shape index (κ1) is 14.4. The van der Waals surface area contributed by atoms with Crippen LogP contribution in [0.3, 0.4) is 0 Å². The van der Waals surface area contributed by atoms with Crippen LogP contribution in [-0.2, 0) is 11.2 Å². The molecule has 0 bridgehead atoms. The summed E-state index contributed by atoms with van der Waals surface area (Å²) in [5.74, 6) is 0.763. The summed E-state index contributed by atoms with van der Waals surface area (Å²) in [7, 11) is 0. The summed E-state index contributed by atoms with van der Waals surface area (Å²) in [6, 6.07) is 10.9. The summed E-state index contributed by atoms with van der Waals surface area (Å²) >= 11 is 0. The number of amides is 2. The van der Waals surface area contributed by atoms with E-state index in [0.717, 1.165) is 24.2 Å². The lowest BCUT2D eigenvalue weighted by atomic mass is 10.0. The number of carbonyl (C=O) groups is 2. The minimum atomic E-state index is -0.228. The molecule has 1 aliphatic heterocycles. The Hall–Kier alpha value is -2.56. The first-order valence-electron chi connectivity index (χ1n) is 7.43. The molecule has 0 saturated heterocycles. The van der Waals surface area contributed by atoms with Gasteiger partial charge < -0.3 is 15.1 Å². The lowest BCUT2D eigenvalue weighted by Gasteiger charge is -2.11. The fraction of sp³-hybridized carbons (Fsp3) is 0.294. The largest absolute Gasteiger partial charge is 0.469 e. The van der Waals surface area contributed by atoms with E-state index in [1.807, 2.05) is 30.3 Å². The number of benzene rings is 1. The van der Waals surface area contributed by atoms with Gasteiger partial charge in [-0.1, -0.05) is 18.2 Å². The highest BCUT2D eigenvalue weighted by Crippen LogP contribution is 2.27. The normalized spacial score (nSPS) is 16.2. The lowest BCUT2D eigenvalue weighted by Crippen LogP contribution is -2.29. The molecule has 3 rings (SSSR count). The van der Waals surface area contributed by atoms with E-state index in [1.54, 1.807) is 12.3 Å². The standard InChI is InChI=1S/C17H18N2O3/c20-16(18-9-3-5-12-6-4-10-22-12)11-15-13-7-1-2-8-14(13)17(21)19-15/h1-2,4,6-8,10,15H,3,5,9,11H2,(H,18,20)(H,19,21)/t15-/m1/s1. The quantitative estimate of drug-likeness (QED) is 0.803. The fourth-order valence-electron chi connectivity index (χ4n) is 2.69. The smallest absolute Gasteiger partial charge is 0.252 e. The summed E-state index contributed by atoms with van der Waals surface area (Å²) in [5.41, 5.74) is 1.57. The Morgan fingerprint density at radius 3 is 2.91 bits per heavy atom. The van der Waals surface area contributed by atoms with Crippen molar-refractivity contribution in [3.05, 3.63) is 59.5 Å². The van der Waals surface area contributed by atoms with E-state index in [-0.39, 0.29) is 24.3 Å². The van der Waals surface area contributed by atoms with E-state index in [4.69, 9.17) is 4.42 Å². The maximum Gasteiger partial charge on any atom is 0.252 e. The molecule has 22 heavy (non-hydrogen) atoms. The van der Waals surface area contributed by atoms with Crippen LogP contribution < -0.4 is 10.6 Å². The molecule has 0 spiro atoms. The van der Waals surface area contributed by atoms with Crippen molar-refractivity contribution >= 4 is 11.8 Å². The minimum absolute atomic E-state index is 0.0542. The first-order valence-corrected chi connectivity index (χ1v) is 7.43. The third-order valence-electron chi connectivity index (χ3n) is 3.78. The van der Waals surface area contributed by atoms with Crippen molar-refractivity contribution < 1.29 is 14.0 Å². The second-order valence-electron chi connectivity index (χ2n) is 5.35. The SMILES string of the molecule is O=C(C[C@H]1NC(=O)c2ccccc21)NCCCc1ccco1. The van der Waals surface area contributed by atoms with Gasteiger partial charge in [0.15, 0.2) is 0 Å². The van der Waals surface area contributed by atoms with Crippen molar-refractivity contribution in [2.45, 2.75) is 25.3 Å². The molecule has 1 aromatic heterocycles. The monoisotopic (exact) mass is 298 g/mol. The molecule has 114 valence electrons. The zero-order chi connectivity index (χ0) is 15.4. The van der Waals surface area contributed by atoms with Crippen LogP contribution in [0.5, 0.6) is 0 Å². The molecule has 2 amide bonds. The van der Waals surface area contributed by atoms with Crippen molar-refractivity contribution in [3.8, 4) is 0 Å². The van der Waals surface area contributed by atoms with Gasteiger partial charge >= 0.3 is 0 Å². The Kier molecular flexibility index (Phi) is 4.23. The number of fused-ring (bicyclic) bond motifs is 1. The Balaban J connectivity index is 1.45. The van der Waals surface area contributed by atoms with Gasteiger partial charge in [0.1, 0.15) is 5.76 Å². The number of aryl methyl sites for hydroxylation is 1. The van der Waals surface area contributed by atoms with Crippen molar-refractivity contribution in [1.82, 2.24) is 10.6 Å². The predicted molar refractivity (Wildman–Crippen MR) is 81.3 cm³/mol. The molecule has 0 saturated carbocycles. The molecule has 0 fully saturated rings. The summed E-state index contributed by atoms with van der Waals surface area (Å²) in [5, 5.41) is 5.73. The maximum atomic E-state index is 12.0. The second-order valence-corrected chi connectivity index (χ2v) is 5.35. The molecular weight excluding hydrogens is 280 g/mol. The van der Waals surface area contributed by atoms with E-state index in [9.17, 15) is 9.59 Å². The molecular formula is C17H18N2O3. The van der Waals surface area contributed by atoms with Crippen LogP contribution in [0.4, 0.5) is 0 Å². The average Bonchev–Trinajstić information content (AvgIpc) is 3.13. The van der Waals surface area contributed by atoms with Gasteiger partial charge in [0.25, 0.3) is 5.91 Å². The van der Waals surface area contributed by atoms with Gasteiger partial charge in [-0.15, -0.1) is 0 Å².